The SMILES string of the molecule is CC(C)c1cc2c(sc3ccccc32)c(C(C)C)c1N1CCN=C1c1ccccc1. The molecule has 0 amide bonds. The number of rotatable bonds is 4. The standard InChI is InChI=1S/C27H28N2S/c1-17(2)21-16-22-20-12-8-9-13-23(20)30-26(22)24(18(3)4)25(21)29-15-14-28-27(29)19-10-6-5-7-11-19/h5-13,16-18H,14-15H2,1-4H3. The summed E-state index contributed by atoms with van der Waals surface area (Å²) >= 11 is 1.94. The van der Waals surface area contributed by atoms with Crippen LogP contribution < -0.4 is 4.90 Å². The topological polar surface area (TPSA) is 15.6 Å². The normalized spacial score (nSPS) is 14.5. The molecule has 5 rings (SSSR count). The molecular weight excluding hydrogens is 384 g/mol. The van der Waals surface area contributed by atoms with Gasteiger partial charge in [-0.1, -0.05) is 76.2 Å². The van der Waals surface area contributed by atoms with E-state index < -0.39 is 0 Å². The largest absolute Gasteiger partial charge is 0.324 e. The Bertz CT molecular complexity index is 1250. The summed E-state index contributed by atoms with van der Waals surface area (Å²) in [4.78, 5) is 7.42. The van der Waals surface area contributed by atoms with E-state index in [1.165, 1.54) is 42.6 Å². The molecule has 1 aromatic heterocycles. The van der Waals surface area contributed by atoms with Gasteiger partial charge in [0.15, 0.2) is 0 Å². The first kappa shape index (κ1) is 19.3. The number of amidine groups is 1. The zero-order valence-electron chi connectivity index (χ0n) is 18.1. The van der Waals surface area contributed by atoms with Crippen molar-refractivity contribution in [2.45, 2.75) is 39.5 Å². The Kier molecular flexibility index (Phi) is 4.86. The van der Waals surface area contributed by atoms with Gasteiger partial charge in [0, 0.05) is 32.3 Å². The monoisotopic (exact) mass is 412 g/mol. The predicted octanol–water partition coefficient (Wildman–Crippen LogP) is 7.57. The van der Waals surface area contributed by atoms with E-state index >= 15 is 0 Å². The van der Waals surface area contributed by atoms with Gasteiger partial charge < -0.3 is 4.90 Å². The molecule has 1 aliphatic rings. The molecule has 0 spiro atoms. The van der Waals surface area contributed by atoms with Crippen LogP contribution in [0.2, 0.25) is 0 Å². The molecule has 3 aromatic carbocycles. The lowest BCUT2D eigenvalue weighted by atomic mass is 9.89. The fourth-order valence-corrected chi connectivity index (χ4v) is 6.05. The second kappa shape index (κ2) is 7.55. The fraction of sp³-hybridized carbons (Fsp3) is 0.296. The number of fused-ring (bicyclic) bond motifs is 3. The molecule has 0 unspecified atom stereocenters. The van der Waals surface area contributed by atoms with Gasteiger partial charge in [0.2, 0.25) is 0 Å². The molecule has 1 aliphatic heterocycles. The molecule has 0 atom stereocenters. The molecule has 3 heteroatoms. The number of nitrogens with zero attached hydrogens (tertiary/aromatic N) is 2. The van der Waals surface area contributed by atoms with Crippen molar-refractivity contribution in [2.75, 3.05) is 18.0 Å². The Morgan fingerprint density at radius 1 is 0.867 bits per heavy atom. The van der Waals surface area contributed by atoms with Gasteiger partial charge in [-0.15, -0.1) is 11.3 Å². The highest BCUT2D eigenvalue weighted by Crippen LogP contribution is 2.47. The molecule has 0 N–H and O–H groups in total. The van der Waals surface area contributed by atoms with E-state index in [2.05, 4.69) is 93.3 Å². The Labute approximate surface area is 182 Å². The van der Waals surface area contributed by atoms with E-state index in [0.29, 0.717) is 11.8 Å². The zero-order valence-corrected chi connectivity index (χ0v) is 19.0. The van der Waals surface area contributed by atoms with E-state index in [1.54, 1.807) is 0 Å². The van der Waals surface area contributed by atoms with Crippen LogP contribution in [-0.2, 0) is 0 Å². The van der Waals surface area contributed by atoms with Crippen LogP contribution in [0.15, 0.2) is 65.7 Å². The average molecular weight is 413 g/mol. The first-order valence-corrected chi connectivity index (χ1v) is 11.7. The van der Waals surface area contributed by atoms with Crippen LogP contribution in [0, 0.1) is 0 Å². The molecule has 2 heterocycles. The van der Waals surface area contributed by atoms with Gasteiger partial charge in [0.05, 0.1) is 12.2 Å². The third-order valence-electron chi connectivity index (χ3n) is 6.05. The molecule has 0 saturated carbocycles. The van der Waals surface area contributed by atoms with Crippen molar-refractivity contribution in [2.24, 2.45) is 4.99 Å². The van der Waals surface area contributed by atoms with Gasteiger partial charge in [0.1, 0.15) is 5.84 Å². The minimum Gasteiger partial charge on any atom is -0.324 e. The summed E-state index contributed by atoms with van der Waals surface area (Å²) in [7, 11) is 0. The summed E-state index contributed by atoms with van der Waals surface area (Å²) in [5, 5.41) is 2.79. The quantitative estimate of drug-likeness (QED) is 0.337. The lowest BCUT2D eigenvalue weighted by Crippen LogP contribution is -2.30. The number of thiophene rings is 1. The van der Waals surface area contributed by atoms with Crippen LogP contribution in [0.25, 0.3) is 20.2 Å². The van der Waals surface area contributed by atoms with Gasteiger partial charge >= 0.3 is 0 Å². The number of aliphatic imine (C=N–C) groups is 1. The van der Waals surface area contributed by atoms with Crippen LogP contribution in [0.1, 0.15) is 56.2 Å². The lowest BCUT2D eigenvalue weighted by molar-refractivity contribution is 0.832. The first-order valence-electron chi connectivity index (χ1n) is 10.9. The number of hydrogen-bond donors (Lipinski definition) is 0. The van der Waals surface area contributed by atoms with E-state index in [1.807, 2.05) is 11.3 Å². The molecule has 0 saturated heterocycles. The van der Waals surface area contributed by atoms with E-state index in [4.69, 9.17) is 4.99 Å². The van der Waals surface area contributed by atoms with Crippen LogP contribution in [0.5, 0.6) is 0 Å². The van der Waals surface area contributed by atoms with Gasteiger partial charge in [-0.2, -0.15) is 0 Å². The molecule has 0 aliphatic carbocycles. The van der Waals surface area contributed by atoms with Crippen LogP contribution in [0.3, 0.4) is 0 Å². The summed E-state index contributed by atoms with van der Waals surface area (Å²) in [6.07, 6.45) is 0. The third kappa shape index (κ3) is 3.04. The fourth-order valence-electron chi connectivity index (χ4n) is 4.67. The maximum absolute atomic E-state index is 4.93. The van der Waals surface area contributed by atoms with Gasteiger partial charge in [0.25, 0.3) is 0 Å². The van der Waals surface area contributed by atoms with Crippen molar-refractivity contribution >= 4 is 43.0 Å². The number of hydrogen-bond acceptors (Lipinski definition) is 3. The van der Waals surface area contributed by atoms with Gasteiger partial charge in [-0.25, -0.2) is 0 Å². The average Bonchev–Trinajstić information content (AvgIpc) is 3.37. The summed E-state index contributed by atoms with van der Waals surface area (Å²) in [5.74, 6) is 1.99. The molecule has 152 valence electrons. The molecule has 0 radical (unpaired) electrons. The molecule has 30 heavy (non-hydrogen) atoms. The molecule has 2 nitrogen and oxygen atoms in total. The summed E-state index contributed by atoms with van der Waals surface area (Å²) < 4.78 is 2.81. The third-order valence-corrected chi connectivity index (χ3v) is 7.27. The second-order valence-electron chi connectivity index (χ2n) is 8.74. The van der Waals surface area contributed by atoms with Crippen molar-refractivity contribution < 1.29 is 0 Å². The van der Waals surface area contributed by atoms with Crippen molar-refractivity contribution in [3.8, 4) is 0 Å². The maximum atomic E-state index is 4.93. The van der Waals surface area contributed by atoms with E-state index in [-0.39, 0.29) is 0 Å². The number of benzene rings is 3. The number of anilines is 1. The lowest BCUT2D eigenvalue weighted by Gasteiger charge is -2.30. The van der Waals surface area contributed by atoms with Crippen molar-refractivity contribution in [3.05, 3.63) is 77.4 Å². The summed E-state index contributed by atoms with van der Waals surface area (Å²) in [6, 6.07) is 21.9. The highest BCUT2D eigenvalue weighted by molar-refractivity contribution is 7.26. The zero-order chi connectivity index (χ0) is 20.8. The maximum Gasteiger partial charge on any atom is 0.135 e. The summed E-state index contributed by atoms with van der Waals surface area (Å²) in [6.45, 7) is 11.1. The molecule has 0 fully saturated rings. The minimum atomic E-state index is 0.437. The van der Waals surface area contributed by atoms with Crippen molar-refractivity contribution in [3.63, 3.8) is 0 Å². The Morgan fingerprint density at radius 2 is 1.60 bits per heavy atom. The first-order chi connectivity index (χ1) is 14.6. The van der Waals surface area contributed by atoms with Crippen LogP contribution >= 0.6 is 11.3 Å². The van der Waals surface area contributed by atoms with Crippen molar-refractivity contribution in [1.29, 1.82) is 0 Å². The van der Waals surface area contributed by atoms with Crippen LogP contribution in [-0.4, -0.2) is 18.9 Å². The Hall–Kier alpha value is -2.65. The molecule has 4 aromatic rings. The van der Waals surface area contributed by atoms with Gasteiger partial charge in [-0.3, -0.25) is 4.99 Å². The highest BCUT2D eigenvalue weighted by atomic mass is 32.1. The molecule has 0 bridgehead atoms. The van der Waals surface area contributed by atoms with Crippen LogP contribution in [0.4, 0.5) is 5.69 Å². The Balaban J connectivity index is 1.82. The van der Waals surface area contributed by atoms with E-state index in [0.717, 1.165) is 18.9 Å². The van der Waals surface area contributed by atoms with Crippen molar-refractivity contribution in [1.82, 2.24) is 0 Å². The second-order valence-corrected chi connectivity index (χ2v) is 9.79. The minimum absolute atomic E-state index is 0.437. The van der Waals surface area contributed by atoms with E-state index in [9.17, 15) is 0 Å². The van der Waals surface area contributed by atoms with Gasteiger partial charge in [-0.05, 0) is 35.1 Å². The summed E-state index contributed by atoms with van der Waals surface area (Å²) in [5.41, 5.74) is 5.50. The smallest absolute Gasteiger partial charge is 0.135 e. The predicted molar refractivity (Wildman–Crippen MR) is 133 cm³/mol. The molecular formula is C27H28N2S. The highest BCUT2D eigenvalue weighted by Gasteiger charge is 2.29. The Morgan fingerprint density at radius 3 is 2.33 bits per heavy atom.